The lowest BCUT2D eigenvalue weighted by Crippen LogP contribution is -2.28. The molecular weight excluding hydrogens is 234 g/mol. The number of carbonyl (C=O) groups is 1. The van der Waals surface area contributed by atoms with E-state index in [4.69, 9.17) is 4.74 Å². The van der Waals surface area contributed by atoms with Crippen LogP contribution in [0.5, 0.6) is 6.01 Å². The van der Waals surface area contributed by atoms with Crippen LogP contribution < -0.4 is 15.0 Å². The van der Waals surface area contributed by atoms with Gasteiger partial charge < -0.3 is 15.0 Å². The molecule has 0 saturated carbocycles. The van der Waals surface area contributed by atoms with Gasteiger partial charge in [-0.1, -0.05) is 13.8 Å². The van der Waals surface area contributed by atoms with Gasteiger partial charge in [-0.3, -0.25) is 4.79 Å². The Kier molecular flexibility index (Phi) is 4.82. The largest absolute Gasteiger partial charge is 0.467 e. The second kappa shape index (κ2) is 6.13. The maximum absolute atomic E-state index is 11.5. The van der Waals surface area contributed by atoms with Gasteiger partial charge in [0.2, 0.25) is 11.9 Å². The van der Waals surface area contributed by atoms with Crippen molar-refractivity contribution in [1.29, 1.82) is 0 Å². The fraction of sp³-hybridized carbons (Fsp3) is 0.636. The molecule has 1 heterocycles. The summed E-state index contributed by atoms with van der Waals surface area (Å²) in [5, 5.41) is 2.75. The summed E-state index contributed by atoms with van der Waals surface area (Å²) in [6.07, 6.45) is 0. The van der Waals surface area contributed by atoms with Crippen LogP contribution in [-0.2, 0) is 11.3 Å². The Morgan fingerprint density at radius 2 is 2.00 bits per heavy atom. The number of ether oxygens (including phenoxy) is 1. The molecule has 1 amide bonds. The molecule has 0 atom stereocenters. The molecule has 0 bridgehead atoms. The van der Waals surface area contributed by atoms with Gasteiger partial charge in [0.05, 0.1) is 13.7 Å². The predicted molar refractivity (Wildman–Crippen MR) is 67.4 cm³/mol. The van der Waals surface area contributed by atoms with Crippen molar-refractivity contribution >= 4 is 11.9 Å². The van der Waals surface area contributed by atoms with Crippen LogP contribution in [0.2, 0.25) is 0 Å². The van der Waals surface area contributed by atoms with Gasteiger partial charge in [0.25, 0.3) is 0 Å². The van der Waals surface area contributed by atoms with Gasteiger partial charge in [-0.05, 0) is 0 Å². The topological polar surface area (TPSA) is 80.2 Å². The van der Waals surface area contributed by atoms with Crippen LogP contribution in [0.15, 0.2) is 0 Å². The smallest absolute Gasteiger partial charge is 0.321 e. The summed E-state index contributed by atoms with van der Waals surface area (Å²) in [4.78, 5) is 25.6. The molecule has 0 radical (unpaired) electrons. The number of carbonyl (C=O) groups excluding carboxylic acids is 1. The Bertz CT molecular complexity index is 420. The Labute approximate surface area is 107 Å². The minimum atomic E-state index is -0.0675. The van der Waals surface area contributed by atoms with Crippen molar-refractivity contribution in [3.05, 3.63) is 5.82 Å². The van der Waals surface area contributed by atoms with Crippen LogP contribution in [0, 0.1) is 5.92 Å². The number of aromatic nitrogens is 3. The third-order valence-electron chi connectivity index (χ3n) is 2.18. The zero-order valence-electron chi connectivity index (χ0n) is 11.4. The number of hydrogen-bond acceptors (Lipinski definition) is 6. The van der Waals surface area contributed by atoms with Gasteiger partial charge in [-0.15, -0.1) is 0 Å². The Morgan fingerprint density at radius 3 is 2.50 bits per heavy atom. The lowest BCUT2D eigenvalue weighted by Gasteiger charge is -2.12. The van der Waals surface area contributed by atoms with E-state index in [1.807, 2.05) is 27.9 Å². The highest BCUT2D eigenvalue weighted by molar-refractivity contribution is 5.77. The molecule has 1 aromatic heterocycles. The lowest BCUT2D eigenvalue weighted by atomic mass is 10.2. The van der Waals surface area contributed by atoms with Crippen molar-refractivity contribution in [3.8, 4) is 6.01 Å². The molecule has 0 saturated heterocycles. The molecule has 7 heteroatoms. The summed E-state index contributed by atoms with van der Waals surface area (Å²) in [6, 6.07) is 0.238. The van der Waals surface area contributed by atoms with Crippen LogP contribution in [0.1, 0.15) is 19.7 Å². The van der Waals surface area contributed by atoms with E-state index in [2.05, 4.69) is 20.3 Å². The Balaban J connectivity index is 2.81. The van der Waals surface area contributed by atoms with E-state index in [1.54, 1.807) is 4.90 Å². The molecule has 1 aromatic rings. The number of nitrogens with one attached hydrogen (secondary N) is 1. The van der Waals surface area contributed by atoms with Crippen molar-refractivity contribution in [1.82, 2.24) is 20.3 Å². The first-order valence-electron chi connectivity index (χ1n) is 5.68. The maximum Gasteiger partial charge on any atom is 0.321 e. The molecule has 0 aliphatic carbocycles. The van der Waals surface area contributed by atoms with Crippen LogP contribution in [0.25, 0.3) is 0 Å². The van der Waals surface area contributed by atoms with Gasteiger partial charge in [0, 0.05) is 20.0 Å². The molecule has 100 valence electrons. The maximum atomic E-state index is 11.5. The zero-order valence-corrected chi connectivity index (χ0v) is 11.4. The number of anilines is 1. The second-order valence-electron chi connectivity index (χ2n) is 4.31. The first kappa shape index (κ1) is 14.1. The summed E-state index contributed by atoms with van der Waals surface area (Å²) in [5.74, 6) is 0.859. The molecule has 1 N–H and O–H groups in total. The average molecular weight is 253 g/mol. The normalized spacial score (nSPS) is 10.3. The Morgan fingerprint density at radius 1 is 1.33 bits per heavy atom. The average Bonchev–Trinajstić information content (AvgIpc) is 2.35. The van der Waals surface area contributed by atoms with Crippen LogP contribution in [0.4, 0.5) is 5.95 Å². The summed E-state index contributed by atoms with van der Waals surface area (Å²) in [6.45, 7) is 3.92. The first-order valence-corrected chi connectivity index (χ1v) is 5.68. The minimum absolute atomic E-state index is 0.0409. The van der Waals surface area contributed by atoms with Crippen molar-refractivity contribution in [3.63, 3.8) is 0 Å². The molecule has 0 aliphatic heterocycles. The zero-order chi connectivity index (χ0) is 13.7. The van der Waals surface area contributed by atoms with Crippen molar-refractivity contribution in [2.24, 2.45) is 5.92 Å². The third kappa shape index (κ3) is 3.83. The van der Waals surface area contributed by atoms with E-state index in [-0.39, 0.29) is 24.4 Å². The van der Waals surface area contributed by atoms with Gasteiger partial charge in [-0.2, -0.15) is 15.0 Å². The fourth-order valence-electron chi connectivity index (χ4n) is 1.13. The number of hydrogen-bond donors (Lipinski definition) is 1. The van der Waals surface area contributed by atoms with Crippen molar-refractivity contribution < 1.29 is 9.53 Å². The highest BCUT2D eigenvalue weighted by atomic mass is 16.5. The monoisotopic (exact) mass is 253 g/mol. The lowest BCUT2D eigenvalue weighted by molar-refractivity contribution is -0.124. The van der Waals surface area contributed by atoms with Gasteiger partial charge in [-0.25, -0.2) is 0 Å². The van der Waals surface area contributed by atoms with E-state index >= 15 is 0 Å². The SMILES string of the molecule is COc1nc(CNC(=O)C(C)C)nc(N(C)C)n1. The molecule has 18 heavy (non-hydrogen) atoms. The summed E-state index contributed by atoms with van der Waals surface area (Å²) < 4.78 is 5.00. The summed E-state index contributed by atoms with van der Waals surface area (Å²) in [7, 11) is 5.14. The van der Waals surface area contributed by atoms with E-state index in [1.165, 1.54) is 7.11 Å². The van der Waals surface area contributed by atoms with Crippen LogP contribution in [-0.4, -0.2) is 42.1 Å². The molecule has 7 nitrogen and oxygen atoms in total. The molecule has 0 fully saturated rings. The van der Waals surface area contributed by atoms with E-state index in [0.717, 1.165) is 0 Å². The molecule has 0 spiro atoms. The second-order valence-corrected chi connectivity index (χ2v) is 4.31. The molecular formula is C11H19N5O2. The molecule has 0 unspecified atom stereocenters. The predicted octanol–water partition coefficient (Wildman–Crippen LogP) is 0.218. The number of methoxy groups -OCH3 is 1. The standard InChI is InChI=1S/C11H19N5O2/c1-7(2)9(17)12-6-8-13-10(16(3)4)15-11(14-8)18-5/h7H,6H2,1-5H3,(H,12,17). The molecule has 1 rings (SSSR count). The third-order valence-corrected chi connectivity index (χ3v) is 2.18. The number of nitrogens with zero attached hydrogens (tertiary/aromatic N) is 4. The van der Waals surface area contributed by atoms with Gasteiger partial charge in [0.15, 0.2) is 5.82 Å². The highest BCUT2D eigenvalue weighted by Gasteiger charge is 2.11. The van der Waals surface area contributed by atoms with Crippen molar-refractivity contribution in [2.45, 2.75) is 20.4 Å². The van der Waals surface area contributed by atoms with Gasteiger partial charge in [0.1, 0.15) is 0 Å². The number of rotatable bonds is 5. The number of amides is 1. The van der Waals surface area contributed by atoms with E-state index in [9.17, 15) is 4.79 Å². The molecule has 0 aromatic carbocycles. The summed E-state index contributed by atoms with van der Waals surface area (Å²) >= 11 is 0. The highest BCUT2D eigenvalue weighted by Crippen LogP contribution is 2.09. The Hall–Kier alpha value is -1.92. The van der Waals surface area contributed by atoms with E-state index < -0.39 is 0 Å². The first-order chi connectivity index (χ1) is 8.43. The van der Waals surface area contributed by atoms with E-state index in [0.29, 0.717) is 11.8 Å². The van der Waals surface area contributed by atoms with Gasteiger partial charge >= 0.3 is 6.01 Å². The quantitative estimate of drug-likeness (QED) is 0.808. The van der Waals surface area contributed by atoms with Crippen LogP contribution >= 0.6 is 0 Å². The fourth-order valence-corrected chi connectivity index (χ4v) is 1.13. The minimum Gasteiger partial charge on any atom is -0.467 e. The molecule has 0 aliphatic rings. The summed E-state index contributed by atoms with van der Waals surface area (Å²) in [5.41, 5.74) is 0. The van der Waals surface area contributed by atoms with Crippen molar-refractivity contribution in [2.75, 3.05) is 26.1 Å². The van der Waals surface area contributed by atoms with Crippen LogP contribution in [0.3, 0.4) is 0 Å².